The van der Waals surface area contributed by atoms with Gasteiger partial charge in [0.1, 0.15) is 0 Å². The van der Waals surface area contributed by atoms with Gasteiger partial charge in [0.25, 0.3) is 0 Å². The molecule has 16 heavy (non-hydrogen) atoms. The number of phenols is 2. The number of aromatic hydroxyl groups is 2. The highest BCUT2D eigenvalue weighted by Gasteiger charge is 2.37. The summed E-state index contributed by atoms with van der Waals surface area (Å²) in [5, 5.41) is 18.9. The molecule has 0 saturated heterocycles. The summed E-state index contributed by atoms with van der Waals surface area (Å²) in [7, 11) is 0. The van der Waals surface area contributed by atoms with Crippen LogP contribution in [0.2, 0.25) is 0 Å². The SMILES string of the molecule is CCC(C)(c1ccc(O)c(O)c1)C(C)(C)C. The first-order valence-corrected chi connectivity index (χ1v) is 5.75. The third-order valence-electron chi connectivity index (χ3n) is 3.97. The first kappa shape index (κ1) is 12.9. The van der Waals surface area contributed by atoms with Gasteiger partial charge >= 0.3 is 0 Å². The average Bonchev–Trinajstić information content (AvgIpc) is 2.19. The molecule has 1 aromatic carbocycles. The summed E-state index contributed by atoms with van der Waals surface area (Å²) >= 11 is 0. The van der Waals surface area contributed by atoms with Gasteiger partial charge in [0.05, 0.1) is 0 Å². The van der Waals surface area contributed by atoms with Crippen LogP contribution in [0.15, 0.2) is 18.2 Å². The third kappa shape index (κ3) is 2.01. The van der Waals surface area contributed by atoms with Crippen molar-refractivity contribution in [3.63, 3.8) is 0 Å². The van der Waals surface area contributed by atoms with Gasteiger partial charge in [-0.05, 0) is 34.9 Å². The number of hydrogen-bond acceptors (Lipinski definition) is 2. The highest BCUT2D eigenvalue weighted by Crippen LogP contribution is 2.45. The zero-order valence-electron chi connectivity index (χ0n) is 10.8. The molecule has 0 radical (unpaired) electrons. The number of rotatable bonds is 2. The van der Waals surface area contributed by atoms with Gasteiger partial charge in [0.15, 0.2) is 11.5 Å². The maximum absolute atomic E-state index is 9.57. The molecule has 0 heterocycles. The van der Waals surface area contributed by atoms with Crippen LogP contribution in [0.4, 0.5) is 0 Å². The first-order chi connectivity index (χ1) is 7.22. The molecule has 1 aromatic rings. The molecule has 0 aliphatic heterocycles. The maximum Gasteiger partial charge on any atom is 0.157 e. The summed E-state index contributed by atoms with van der Waals surface area (Å²) in [5.41, 5.74) is 1.15. The van der Waals surface area contributed by atoms with Crippen molar-refractivity contribution in [2.45, 2.75) is 46.5 Å². The van der Waals surface area contributed by atoms with Gasteiger partial charge in [-0.1, -0.05) is 40.7 Å². The topological polar surface area (TPSA) is 40.5 Å². The molecule has 0 saturated carbocycles. The summed E-state index contributed by atoms with van der Waals surface area (Å²) in [6.45, 7) is 10.9. The fraction of sp³-hybridized carbons (Fsp3) is 0.571. The van der Waals surface area contributed by atoms with Crippen molar-refractivity contribution in [3.05, 3.63) is 23.8 Å². The molecule has 0 amide bonds. The molecular weight excluding hydrogens is 200 g/mol. The minimum absolute atomic E-state index is 0.0157. The van der Waals surface area contributed by atoms with Crippen molar-refractivity contribution in [1.29, 1.82) is 0 Å². The molecular formula is C14H22O2. The minimum Gasteiger partial charge on any atom is -0.504 e. The van der Waals surface area contributed by atoms with E-state index in [-0.39, 0.29) is 22.3 Å². The molecule has 2 N–H and O–H groups in total. The van der Waals surface area contributed by atoms with Crippen LogP contribution in [0.25, 0.3) is 0 Å². The Morgan fingerprint density at radius 3 is 1.94 bits per heavy atom. The van der Waals surface area contributed by atoms with Crippen molar-refractivity contribution in [3.8, 4) is 11.5 Å². The fourth-order valence-electron chi connectivity index (χ4n) is 2.03. The second-order valence-electron chi connectivity index (χ2n) is 5.64. The van der Waals surface area contributed by atoms with Gasteiger partial charge in [-0.2, -0.15) is 0 Å². The van der Waals surface area contributed by atoms with Gasteiger partial charge in [-0.15, -0.1) is 0 Å². The molecule has 1 atom stereocenters. The summed E-state index contributed by atoms with van der Waals surface area (Å²) in [5.74, 6) is -0.0995. The van der Waals surface area contributed by atoms with Crippen LogP contribution in [-0.4, -0.2) is 10.2 Å². The normalized spacial score (nSPS) is 15.8. The zero-order chi connectivity index (χ0) is 12.6. The summed E-state index contributed by atoms with van der Waals surface area (Å²) in [4.78, 5) is 0. The van der Waals surface area contributed by atoms with Gasteiger partial charge in [-0.25, -0.2) is 0 Å². The van der Waals surface area contributed by atoms with E-state index < -0.39 is 0 Å². The third-order valence-corrected chi connectivity index (χ3v) is 3.97. The van der Waals surface area contributed by atoms with E-state index in [1.807, 2.05) is 6.07 Å². The Bertz CT molecular complexity index is 377. The summed E-state index contributed by atoms with van der Waals surface area (Å²) in [6, 6.07) is 5.12. The fourth-order valence-corrected chi connectivity index (χ4v) is 2.03. The minimum atomic E-state index is -0.0592. The van der Waals surface area contributed by atoms with Crippen molar-refractivity contribution in [2.24, 2.45) is 5.41 Å². The van der Waals surface area contributed by atoms with Crippen LogP contribution in [0.3, 0.4) is 0 Å². The van der Waals surface area contributed by atoms with Gasteiger partial charge in [0.2, 0.25) is 0 Å². The second-order valence-corrected chi connectivity index (χ2v) is 5.64. The van der Waals surface area contributed by atoms with Crippen LogP contribution >= 0.6 is 0 Å². The number of benzene rings is 1. The van der Waals surface area contributed by atoms with E-state index >= 15 is 0 Å². The molecule has 90 valence electrons. The van der Waals surface area contributed by atoms with E-state index in [1.54, 1.807) is 12.1 Å². The molecule has 2 heteroatoms. The average molecular weight is 222 g/mol. The summed E-state index contributed by atoms with van der Waals surface area (Å²) in [6.07, 6.45) is 0.987. The molecule has 2 nitrogen and oxygen atoms in total. The maximum atomic E-state index is 9.57. The lowest BCUT2D eigenvalue weighted by molar-refractivity contribution is 0.195. The Hall–Kier alpha value is -1.18. The standard InChI is InChI=1S/C14H22O2/c1-6-14(5,13(2,3)4)10-7-8-11(15)12(16)9-10/h7-9,15-16H,6H2,1-5H3. The van der Waals surface area contributed by atoms with Crippen LogP contribution < -0.4 is 0 Å². The van der Waals surface area contributed by atoms with E-state index in [4.69, 9.17) is 0 Å². The van der Waals surface area contributed by atoms with Gasteiger partial charge in [-0.3, -0.25) is 0 Å². The van der Waals surface area contributed by atoms with E-state index in [0.717, 1.165) is 12.0 Å². The molecule has 1 unspecified atom stereocenters. The smallest absolute Gasteiger partial charge is 0.157 e. The monoisotopic (exact) mass is 222 g/mol. The zero-order valence-corrected chi connectivity index (χ0v) is 10.8. The van der Waals surface area contributed by atoms with Gasteiger partial charge < -0.3 is 10.2 Å². The second kappa shape index (κ2) is 4.00. The lowest BCUT2D eigenvalue weighted by Gasteiger charge is -2.42. The Morgan fingerprint density at radius 1 is 1.00 bits per heavy atom. The lowest BCUT2D eigenvalue weighted by atomic mass is 9.62. The highest BCUT2D eigenvalue weighted by molar-refractivity contribution is 5.43. The van der Waals surface area contributed by atoms with E-state index in [1.165, 1.54) is 0 Å². The van der Waals surface area contributed by atoms with Crippen LogP contribution in [-0.2, 0) is 5.41 Å². The van der Waals surface area contributed by atoms with Crippen LogP contribution in [0.1, 0.15) is 46.6 Å². The Morgan fingerprint density at radius 2 is 1.56 bits per heavy atom. The number of phenolic OH excluding ortho intramolecular Hbond substituents is 2. The Kier molecular flexibility index (Phi) is 3.22. The molecule has 0 bridgehead atoms. The highest BCUT2D eigenvalue weighted by atomic mass is 16.3. The predicted molar refractivity (Wildman–Crippen MR) is 66.9 cm³/mol. The number of hydrogen-bond donors (Lipinski definition) is 2. The Balaban J connectivity index is 3.29. The van der Waals surface area contributed by atoms with Crippen LogP contribution in [0.5, 0.6) is 11.5 Å². The van der Waals surface area contributed by atoms with Crippen molar-refractivity contribution in [1.82, 2.24) is 0 Å². The van der Waals surface area contributed by atoms with Crippen LogP contribution in [0, 0.1) is 5.41 Å². The van der Waals surface area contributed by atoms with E-state index in [2.05, 4.69) is 34.6 Å². The molecule has 0 aromatic heterocycles. The van der Waals surface area contributed by atoms with Crippen molar-refractivity contribution < 1.29 is 10.2 Å². The van der Waals surface area contributed by atoms with Crippen molar-refractivity contribution >= 4 is 0 Å². The largest absolute Gasteiger partial charge is 0.504 e. The molecule has 0 fully saturated rings. The van der Waals surface area contributed by atoms with Gasteiger partial charge in [0, 0.05) is 0 Å². The quantitative estimate of drug-likeness (QED) is 0.747. The first-order valence-electron chi connectivity index (χ1n) is 5.75. The van der Waals surface area contributed by atoms with E-state index in [9.17, 15) is 10.2 Å². The van der Waals surface area contributed by atoms with E-state index in [0.29, 0.717) is 0 Å². The molecule has 0 aliphatic rings. The molecule has 1 rings (SSSR count). The lowest BCUT2D eigenvalue weighted by Crippen LogP contribution is -2.36. The predicted octanol–water partition coefficient (Wildman–Crippen LogP) is 3.81. The summed E-state index contributed by atoms with van der Waals surface area (Å²) < 4.78 is 0. The Labute approximate surface area is 97.9 Å². The van der Waals surface area contributed by atoms with Crippen molar-refractivity contribution in [2.75, 3.05) is 0 Å². The molecule has 0 aliphatic carbocycles. The molecule has 0 spiro atoms.